The van der Waals surface area contributed by atoms with Gasteiger partial charge in [0.05, 0.1) is 22.7 Å². The van der Waals surface area contributed by atoms with Crippen LogP contribution < -0.4 is 0 Å². The summed E-state index contributed by atoms with van der Waals surface area (Å²) in [7, 11) is 0. The molecule has 0 aliphatic carbocycles. The normalized spacial score (nSPS) is 11.1. The standard InChI is InChI=1S/C36H25N5/c1-23-13-17-32-30(19-23)31-20-24(2)14-18-33(31)41(32)28-15-16-29(27(21-28)22-37)36-39-34(25-9-5-3-6-10-25)38-35(40-36)26-11-7-4-8-12-26/h3-21H,1-2H3. The quantitative estimate of drug-likeness (QED) is 0.230. The Morgan fingerprint density at radius 1 is 0.561 bits per heavy atom. The van der Waals surface area contributed by atoms with Gasteiger partial charge in [0.1, 0.15) is 0 Å². The second-order valence-corrected chi connectivity index (χ2v) is 10.3. The van der Waals surface area contributed by atoms with Crippen LogP contribution in [0.4, 0.5) is 0 Å². The topological polar surface area (TPSA) is 67.4 Å². The molecule has 0 N–H and O–H groups in total. The molecule has 7 rings (SSSR count). The molecule has 2 heterocycles. The van der Waals surface area contributed by atoms with Crippen LogP contribution in [-0.4, -0.2) is 19.5 Å². The molecule has 0 aliphatic rings. The van der Waals surface area contributed by atoms with Crippen LogP contribution in [0.5, 0.6) is 0 Å². The van der Waals surface area contributed by atoms with Crippen LogP contribution in [0.2, 0.25) is 0 Å². The smallest absolute Gasteiger partial charge is 0.165 e. The van der Waals surface area contributed by atoms with Crippen molar-refractivity contribution in [3.63, 3.8) is 0 Å². The van der Waals surface area contributed by atoms with E-state index in [0.29, 0.717) is 28.6 Å². The van der Waals surface area contributed by atoms with Gasteiger partial charge in [0.25, 0.3) is 0 Å². The molecule has 0 radical (unpaired) electrons. The van der Waals surface area contributed by atoms with Gasteiger partial charge in [-0.25, -0.2) is 15.0 Å². The fourth-order valence-corrected chi connectivity index (χ4v) is 5.42. The van der Waals surface area contributed by atoms with Crippen LogP contribution in [0, 0.1) is 25.2 Å². The van der Waals surface area contributed by atoms with E-state index in [0.717, 1.165) is 27.8 Å². The molecule has 5 heteroatoms. The molecule has 0 atom stereocenters. The maximum atomic E-state index is 10.3. The summed E-state index contributed by atoms with van der Waals surface area (Å²) in [5.74, 6) is 1.60. The predicted molar refractivity (Wildman–Crippen MR) is 165 cm³/mol. The van der Waals surface area contributed by atoms with Crippen molar-refractivity contribution in [2.45, 2.75) is 13.8 Å². The monoisotopic (exact) mass is 527 g/mol. The summed E-state index contributed by atoms with van der Waals surface area (Å²) in [5, 5.41) is 12.7. The highest BCUT2D eigenvalue weighted by molar-refractivity contribution is 6.09. The van der Waals surface area contributed by atoms with Gasteiger partial charge in [0.2, 0.25) is 0 Å². The number of nitriles is 1. The number of nitrogens with zero attached hydrogens (tertiary/aromatic N) is 5. The lowest BCUT2D eigenvalue weighted by Gasteiger charge is -2.12. The molecule has 5 nitrogen and oxygen atoms in total. The molecule has 0 fully saturated rings. The zero-order chi connectivity index (χ0) is 27.9. The van der Waals surface area contributed by atoms with E-state index in [1.807, 2.05) is 78.9 Å². The Kier molecular flexibility index (Phi) is 5.88. The van der Waals surface area contributed by atoms with E-state index in [-0.39, 0.29) is 0 Å². The molecule has 0 saturated heterocycles. The van der Waals surface area contributed by atoms with E-state index in [4.69, 9.17) is 15.0 Å². The van der Waals surface area contributed by atoms with Gasteiger partial charge in [-0.05, 0) is 56.3 Å². The van der Waals surface area contributed by atoms with Crippen molar-refractivity contribution in [3.8, 4) is 45.9 Å². The molecule has 41 heavy (non-hydrogen) atoms. The maximum Gasteiger partial charge on any atom is 0.165 e. The lowest BCUT2D eigenvalue weighted by atomic mass is 10.1. The summed E-state index contributed by atoms with van der Waals surface area (Å²) in [4.78, 5) is 14.5. The summed E-state index contributed by atoms with van der Waals surface area (Å²) in [6.07, 6.45) is 0. The Hall–Kier alpha value is -5.60. The van der Waals surface area contributed by atoms with Gasteiger partial charge < -0.3 is 4.57 Å². The zero-order valence-electron chi connectivity index (χ0n) is 22.7. The van der Waals surface area contributed by atoms with Crippen molar-refractivity contribution in [1.82, 2.24) is 19.5 Å². The number of fused-ring (bicyclic) bond motifs is 3. The Bertz CT molecular complexity index is 2000. The minimum atomic E-state index is 0.467. The first-order chi connectivity index (χ1) is 20.1. The highest BCUT2D eigenvalue weighted by Crippen LogP contribution is 2.35. The van der Waals surface area contributed by atoms with Crippen molar-refractivity contribution in [2.24, 2.45) is 0 Å². The second kappa shape index (κ2) is 9.86. The van der Waals surface area contributed by atoms with Crippen LogP contribution in [-0.2, 0) is 0 Å². The average molecular weight is 528 g/mol. The van der Waals surface area contributed by atoms with E-state index in [1.165, 1.54) is 21.9 Å². The van der Waals surface area contributed by atoms with Gasteiger partial charge in [0, 0.05) is 33.2 Å². The molecule has 0 unspecified atom stereocenters. The molecule has 194 valence electrons. The molecule has 5 aromatic carbocycles. The molecule has 0 aliphatic heterocycles. The van der Waals surface area contributed by atoms with Crippen LogP contribution in [0.25, 0.3) is 61.7 Å². The third-order valence-electron chi connectivity index (χ3n) is 7.40. The van der Waals surface area contributed by atoms with Crippen molar-refractivity contribution in [2.75, 3.05) is 0 Å². The highest BCUT2D eigenvalue weighted by Gasteiger charge is 2.18. The Balaban J connectivity index is 1.43. The van der Waals surface area contributed by atoms with Gasteiger partial charge in [0.15, 0.2) is 17.5 Å². The molecule has 0 bridgehead atoms. The van der Waals surface area contributed by atoms with Crippen molar-refractivity contribution >= 4 is 21.8 Å². The van der Waals surface area contributed by atoms with E-state index >= 15 is 0 Å². The summed E-state index contributed by atoms with van der Waals surface area (Å²) in [6.45, 7) is 4.23. The minimum Gasteiger partial charge on any atom is -0.309 e. The zero-order valence-corrected chi connectivity index (χ0v) is 22.7. The summed E-state index contributed by atoms with van der Waals surface area (Å²) in [5.41, 5.74) is 8.49. The third-order valence-corrected chi connectivity index (χ3v) is 7.40. The Morgan fingerprint density at radius 2 is 1.07 bits per heavy atom. The fourth-order valence-electron chi connectivity index (χ4n) is 5.42. The van der Waals surface area contributed by atoms with Crippen molar-refractivity contribution < 1.29 is 0 Å². The van der Waals surface area contributed by atoms with E-state index in [9.17, 15) is 5.26 Å². The Morgan fingerprint density at radius 3 is 1.59 bits per heavy atom. The van der Waals surface area contributed by atoms with Crippen LogP contribution in [0.3, 0.4) is 0 Å². The number of hydrogen-bond donors (Lipinski definition) is 0. The van der Waals surface area contributed by atoms with Gasteiger partial charge >= 0.3 is 0 Å². The maximum absolute atomic E-state index is 10.3. The Labute approximate surface area is 238 Å². The molecule has 0 amide bonds. The SMILES string of the molecule is Cc1ccc2c(c1)c1cc(C)ccc1n2-c1ccc(-c2nc(-c3ccccc3)nc(-c3ccccc3)n2)c(C#N)c1. The van der Waals surface area contributed by atoms with Gasteiger partial charge in [-0.1, -0.05) is 83.9 Å². The molecular formula is C36H25N5. The van der Waals surface area contributed by atoms with Crippen LogP contribution in [0.15, 0.2) is 115 Å². The fraction of sp³-hybridized carbons (Fsp3) is 0.0556. The van der Waals surface area contributed by atoms with E-state index < -0.39 is 0 Å². The van der Waals surface area contributed by atoms with Crippen molar-refractivity contribution in [1.29, 1.82) is 5.26 Å². The molecular weight excluding hydrogens is 502 g/mol. The summed E-state index contributed by atoms with van der Waals surface area (Å²) >= 11 is 0. The first-order valence-corrected chi connectivity index (χ1v) is 13.5. The van der Waals surface area contributed by atoms with Gasteiger partial charge in [-0.15, -0.1) is 0 Å². The summed E-state index contributed by atoms with van der Waals surface area (Å²) < 4.78 is 2.23. The largest absolute Gasteiger partial charge is 0.309 e. The average Bonchev–Trinajstić information content (AvgIpc) is 3.34. The molecule has 2 aromatic heterocycles. The molecule has 0 saturated carbocycles. The number of rotatable bonds is 4. The van der Waals surface area contributed by atoms with Gasteiger partial charge in [-0.3, -0.25) is 0 Å². The van der Waals surface area contributed by atoms with Gasteiger partial charge in [-0.2, -0.15) is 5.26 Å². The van der Waals surface area contributed by atoms with Crippen molar-refractivity contribution in [3.05, 3.63) is 132 Å². The third kappa shape index (κ3) is 4.32. The first kappa shape index (κ1) is 24.4. The lowest BCUT2D eigenvalue weighted by Crippen LogP contribution is -2.02. The minimum absolute atomic E-state index is 0.467. The van der Waals surface area contributed by atoms with E-state index in [1.54, 1.807) is 0 Å². The number of aromatic nitrogens is 4. The molecule has 0 spiro atoms. The predicted octanol–water partition coefficient (Wildman–Crippen LogP) is 8.46. The highest BCUT2D eigenvalue weighted by atomic mass is 15.0. The first-order valence-electron chi connectivity index (χ1n) is 13.5. The molecule has 7 aromatic rings. The number of hydrogen-bond acceptors (Lipinski definition) is 4. The van der Waals surface area contributed by atoms with Crippen LogP contribution in [0.1, 0.15) is 16.7 Å². The van der Waals surface area contributed by atoms with Crippen LogP contribution >= 0.6 is 0 Å². The second-order valence-electron chi connectivity index (χ2n) is 10.3. The van der Waals surface area contributed by atoms with E-state index in [2.05, 4.69) is 60.9 Å². The summed E-state index contributed by atoms with van der Waals surface area (Å²) in [6, 6.07) is 41.1. The lowest BCUT2D eigenvalue weighted by molar-refractivity contribution is 1.07. The number of benzene rings is 5. The number of aryl methyl sites for hydroxylation is 2.